The molecule has 0 bridgehead atoms. The minimum Gasteiger partial charge on any atom is -0.475 e. The Labute approximate surface area is 168 Å². The molecule has 1 amide bonds. The zero-order valence-electron chi connectivity index (χ0n) is 15.1. The van der Waals surface area contributed by atoms with Gasteiger partial charge in [-0.3, -0.25) is 4.55 Å². The van der Waals surface area contributed by atoms with Crippen molar-refractivity contribution in [3.05, 3.63) is 64.7 Å². The summed E-state index contributed by atoms with van der Waals surface area (Å²) in [6, 6.07) is 14.0. The molecule has 7 nitrogen and oxygen atoms in total. The molecule has 0 saturated carbocycles. The van der Waals surface area contributed by atoms with E-state index < -0.39 is 16.1 Å². The highest BCUT2D eigenvalue weighted by molar-refractivity contribution is 7.85. The summed E-state index contributed by atoms with van der Waals surface area (Å²) in [6.45, 7) is 2.38. The van der Waals surface area contributed by atoms with Crippen molar-refractivity contribution < 1.29 is 27.2 Å². The maximum atomic E-state index is 12.3. The highest BCUT2D eigenvalue weighted by Crippen LogP contribution is 2.29. The molecule has 28 heavy (non-hydrogen) atoms. The number of halogens is 1. The van der Waals surface area contributed by atoms with Crippen LogP contribution < -0.4 is 4.74 Å². The summed E-state index contributed by atoms with van der Waals surface area (Å²) in [5.74, 6) is -0.469. The zero-order chi connectivity index (χ0) is 20.3. The first-order valence-electron chi connectivity index (χ1n) is 8.61. The van der Waals surface area contributed by atoms with E-state index in [-0.39, 0.29) is 18.2 Å². The summed E-state index contributed by atoms with van der Waals surface area (Å²) in [5.41, 5.74) is 1.81. The molecular weight excluding hydrogens is 406 g/mol. The number of hydrogen-bond acceptors (Lipinski definition) is 5. The maximum absolute atomic E-state index is 12.3. The van der Waals surface area contributed by atoms with E-state index in [1.54, 1.807) is 41.3 Å². The summed E-state index contributed by atoms with van der Waals surface area (Å²) in [7, 11) is -4.19. The number of rotatable bonds is 7. The van der Waals surface area contributed by atoms with Crippen LogP contribution in [0.5, 0.6) is 5.75 Å². The van der Waals surface area contributed by atoms with Crippen LogP contribution in [-0.4, -0.2) is 42.5 Å². The number of carbonyl (C=O) groups is 1. The van der Waals surface area contributed by atoms with Gasteiger partial charge in [-0.2, -0.15) is 8.42 Å². The molecule has 0 spiro atoms. The topological polar surface area (TPSA) is 93.1 Å². The summed E-state index contributed by atoms with van der Waals surface area (Å²) >= 11 is 6.01. The van der Waals surface area contributed by atoms with Gasteiger partial charge in [0.25, 0.3) is 0 Å². The third-order valence-electron chi connectivity index (χ3n) is 4.42. The minimum atomic E-state index is -4.19. The second kappa shape index (κ2) is 8.38. The molecule has 1 heterocycles. The standard InChI is InChI=1S/C19H20ClNO6S/c1-13(9-14-5-7-17(8-6-14)26-12-28(23,24)25)21-11-18(27-19(21)22)15-3-2-4-16(20)10-15/h2-8,10,13,18H,9,11-12H2,1H3,(H,23,24,25)/t13-,18+/m1/s1. The lowest BCUT2D eigenvalue weighted by Crippen LogP contribution is -2.35. The van der Waals surface area contributed by atoms with E-state index in [0.717, 1.165) is 11.1 Å². The predicted octanol–water partition coefficient (Wildman–Crippen LogP) is 3.69. The van der Waals surface area contributed by atoms with Gasteiger partial charge in [-0.15, -0.1) is 0 Å². The van der Waals surface area contributed by atoms with E-state index in [1.807, 2.05) is 19.1 Å². The average molecular weight is 426 g/mol. The molecule has 1 fully saturated rings. The Morgan fingerprint density at radius 2 is 2.00 bits per heavy atom. The second-order valence-corrected chi connectivity index (χ2v) is 8.46. The van der Waals surface area contributed by atoms with Gasteiger partial charge in [0, 0.05) is 11.1 Å². The fraction of sp³-hybridized carbons (Fsp3) is 0.316. The molecule has 1 saturated heterocycles. The highest BCUT2D eigenvalue weighted by Gasteiger charge is 2.35. The zero-order valence-corrected chi connectivity index (χ0v) is 16.7. The van der Waals surface area contributed by atoms with Crippen molar-refractivity contribution in [2.75, 3.05) is 12.5 Å². The van der Waals surface area contributed by atoms with Gasteiger partial charge in [-0.1, -0.05) is 35.9 Å². The van der Waals surface area contributed by atoms with E-state index in [1.165, 1.54) is 0 Å². The number of nitrogens with zero attached hydrogens (tertiary/aromatic N) is 1. The van der Waals surface area contributed by atoms with Gasteiger partial charge < -0.3 is 14.4 Å². The van der Waals surface area contributed by atoms with Crippen LogP contribution in [0.4, 0.5) is 4.79 Å². The lowest BCUT2D eigenvalue weighted by atomic mass is 10.0. The summed E-state index contributed by atoms with van der Waals surface area (Å²) in [6.07, 6.45) is -0.133. The third kappa shape index (κ3) is 5.37. The summed E-state index contributed by atoms with van der Waals surface area (Å²) < 4.78 is 40.6. The minimum absolute atomic E-state index is 0.0960. The molecule has 0 unspecified atom stereocenters. The quantitative estimate of drug-likeness (QED) is 0.680. The van der Waals surface area contributed by atoms with E-state index in [2.05, 4.69) is 0 Å². The lowest BCUT2D eigenvalue weighted by Gasteiger charge is -2.22. The van der Waals surface area contributed by atoms with Crippen molar-refractivity contribution in [2.45, 2.75) is 25.5 Å². The van der Waals surface area contributed by atoms with Gasteiger partial charge in [0.1, 0.15) is 11.9 Å². The van der Waals surface area contributed by atoms with E-state index in [9.17, 15) is 13.2 Å². The second-order valence-electron chi connectivity index (χ2n) is 6.62. The van der Waals surface area contributed by atoms with E-state index in [0.29, 0.717) is 23.7 Å². The summed E-state index contributed by atoms with van der Waals surface area (Å²) in [5, 5.41) is 0.594. The fourth-order valence-electron chi connectivity index (χ4n) is 3.04. The Hall–Kier alpha value is -2.29. The van der Waals surface area contributed by atoms with Crippen molar-refractivity contribution in [3.8, 4) is 5.75 Å². The van der Waals surface area contributed by atoms with E-state index in [4.69, 9.17) is 25.6 Å². The third-order valence-corrected chi connectivity index (χ3v) is 5.07. The lowest BCUT2D eigenvalue weighted by molar-refractivity contribution is 0.129. The molecule has 0 aliphatic carbocycles. The monoisotopic (exact) mass is 425 g/mol. The summed E-state index contributed by atoms with van der Waals surface area (Å²) in [4.78, 5) is 14.0. The Balaban J connectivity index is 1.60. The van der Waals surface area contributed by atoms with Crippen LogP contribution in [-0.2, 0) is 21.3 Å². The Bertz CT molecular complexity index is 947. The number of carbonyl (C=O) groups excluding carboxylic acids is 1. The molecule has 0 radical (unpaired) electrons. The van der Waals surface area contributed by atoms with Gasteiger partial charge >= 0.3 is 16.2 Å². The van der Waals surface area contributed by atoms with Gasteiger partial charge in [-0.25, -0.2) is 4.79 Å². The molecule has 150 valence electrons. The largest absolute Gasteiger partial charge is 0.475 e. The van der Waals surface area contributed by atoms with Crippen molar-refractivity contribution in [1.29, 1.82) is 0 Å². The van der Waals surface area contributed by atoms with Crippen LogP contribution in [0.1, 0.15) is 24.2 Å². The molecule has 1 aliphatic heterocycles. The number of amides is 1. The molecule has 2 atom stereocenters. The van der Waals surface area contributed by atoms with Crippen molar-refractivity contribution in [2.24, 2.45) is 0 Å². The van der Waals surface area contributed by atoms with Crippen LogP contribution in [0.25, 0.3) is 0 Å². The van der Waals surface area contributed by atoms with Crippen molar-refractivity contribution in [3.63, 3.8) is 0 Å². The fourth-order valence-corrected chi connectivity index (χ4v) is 3.52. The molecule has 1 N–H and O–H groups in total. The average Bonchev–Trinajstić information content (AvgIpc) is 3.02. The molecular formula is C19H20ClNO6S. The van der Waals surface area contributed by atoms with Gasteiger partial charge in [-0.05, 0) is 48.7 Å². The van der Waals surface area contributed by atoms with Gasteiger partial charge in [0.05, 0.1) is 6.54 Å². The normalized spacial score (nSPS) is 18.0. The molecule has 1 aliphatic rings. The Kier molecular flexibility index (Phi) is 6.12. The molecule has 9 heteroatoms. The Morgan fingerprint density at radius 3 is 2.64 bits per heavy atom. The maximum Gasteiger partial charge on any atom is 0.410 e. The number of ether oxygens (including phenoxy) is 2. The molecule has 2 aromatic carbocycles. The first-order chi connectivity index (χ1) is 13.2. The van der Waals surface area contributed by atoms with Gasteiger partial charge in [0.15, 0.2) is 0 Å². The SMILES string of the molecule is C[C@H](Cc1ccc(OCS(=O)(=O)O)cc1)N1C[C@@H](c2cccc(Cl)c2)OC1=O. The first kappa shape index (κ1) is 20.4. The molecule has 2 aromatic rings. The molecule has 0 aromatic heterocycles. The van der Waals surface area contributed by atoms with Crippen LogP contribution in [0.2, 0.25) is 5.02 Å². The predicted molar refractivity (Wildman–Crippen MR) is 104 cm³/mol. The first-order valence-corrected chi connectivity index (χ1v) is 10.6. The Morgan fingerprint density at radius 1 is 1.29 bits per heavy atom. The van der Waals surface area contributed by atoms with Crippen LogP contribution in [0, 0.1) is 0 Å². The number of benzene rings is 2. The van der Waals surface area contributed by atoms with Gasteiger partial charge in [0.2, 0.25) is 5.94 Å². The number of cyclic esters (lactones) is 1. The van der Waals surface area contributed by atoms with Crippen LogP contribution in [0.15, 0.2) is 48.5 Å². The van der Waals surface area contributed by atoms with Crippen molar-refractivity contribution >= 4 is 27.8 Å². The number of hydrogen-bond donors (Lipinski definition) is 1. The smallest absolute Gasteiger partial charge is 0.410 e. The van der Waals surface area contributed by atoms with E-state index >= 15 is 0 Å². The van der Waals surface area contributed by atoms with Crippen LogP contribution >= 0.6 is 11.6 Å². The molecule has 3 rings (SSSR count). The van der Waals surface area contributed by atoms with Crippen LogP contribution in [0.3, 0.4) is 0 Å². The highest BCUT2D eigenvalue weighted by atomic mass is 35.5. The van der Waals surface area contributed by atoms with Crippen molar-refractivity contribution in [1.82, 2.24) is 4.90 Å².